The summed E-state index contributed by atoms with van der Waals surface area (Å²) in [5.74, 6) is -1.90. The smallest absolute Gasteiger partial charge is 0.245 e. The van der Waals surface area contributed by atoms with Crippen molar-refractivity contribution in [3.63, 3.8) is 0 Å². The number of hydrogen-bond acceptors (Lipinski definition) is 4. The van der Waals surface area contributed by atoms with Crippen LogP contribution in [0.2, 0.25) is 0 Å². The fourth-order valence-corrected chi connectivity index (χ4v) is 5.36. The molecule has 3 N–H and O–H groups in total. The number of nitrogens with two attached hydrogens (primary N) is 1. The second-order valence-corrected chi connectivity index (χ2v) is 7.72. The number of ether oxygens (including phenoxy) is 1. The average Bonchev–Trinajstić information content (AvgIpc) is 2.79. The van der Waals surface area contributed by atoms with Gasteiger partial charge in [-0.3, -0.25) is 0 Å². The fraction of sp³-hybridized carbons (Fsp3) is 0.500. The molecule has 0 aromatic heterocycles. The highest BCUT2D eigenvalue weighted by Gasteiger charge is 2.53. The third kappa shape index (κ3) is 2.50. The molecule has 2 aliphatic rings. The lowest BCUT2D eigenvalue weighted by Crippen LogP contribution is -2.68. The monoisotopic (exact) mass is 382 g/mol. The second kappa shape index (κ2) is 5.24. The molecule has 1 aliphatic heterocycles. The quantitative estimate of drug-likeness (QED) is 0.820. The van der Waals surface area contributed by atoms with Crippen molar-refractivity contribution < 1.29 is 21.9 Å². The SMILES string of the molecule is NC1C2CCOC2C1NS(=O)(=O)c1c(F)cc(F)cc1Br. The van der Waals surface area contributed by atoms with E-state index in [1.807, 2.05) is 0 Å². The lowest BCUT2D eigenvalue weighted by Gasteiger charge is -2.45. The molecule has 21 heavy (non-hydrogen) atoms. The van der Waals surface area contributed by atoms with E-state index in [-0.39, 0.29) is 22.5 Å². The third-order valence-corrected chi connectivity index (χ3v) is 6.39. The maximum atomic E-state index is 13.8. The van der Waals surface area contributed by atoms with Crippen LogP contribution < -0.4 is 10.5 Å². The molecule has 9 heteroatoms. The molecule has 5 nitrogen and oxygen atoms in total. The van der Waals surface area contributed by atoms with E-state index in [0.717, 1.165) is 12.5 Å². The summed E-state index contributed by atoms with van der Waals surface area (Å²) < 4.78 is 59.1. The first-order chi connectivity index (χ1) is 9.81. The van der Waals surface area contributed by atoms with E-state index < -0.39 is 32.6 Å². The van der Waals surface area contributed by atoms with Crippen LogP contribution in [0.3, 0.4) is 0 Å². The number of halogens is 3. The number of hydrogen-bond donors (Lipinski definition) is 2. The van der Waals surface area contributed by atoms with E-state index >= 15 is 0 Å². The molecule has 1 saturated heterocycles. The van der Waals surface area contributed by atoms with E-state index in [1.54, 1.807) is 0 Å². The van der Waals surface area contributed by atoms with Crippen LogP contribution in [0, 0.1) is 17.6 Å². The number of fused-ring (bicyclic) bond motifs is 1. The van der Waals surface area contributed by atoms with E-state index in [2.05, 4.69) is 20.7 Å². The first kappa shape index (κ1) is 15.3. The van der Waals surface area contributed by atoms with Crippen LogP contribution in [0.15, 0.2) is 21.5 Å². The standard InChI is InChI=1S/C12H13BrF2N2O3S/c13-7-3-5(14)4-8(15)12(7)21(18,19)17-10-9(16)6-1-2-20-11(6)10/h3-4,6,9-11,17H,1-2,16H2. The molecule has 3 rings (SSSR count). The van der Waals surface area contributed by atoms with Crippen LogP contribution in [-0.4, -0.2) is 33.2 Å². The molecule has 4 atom stereocenters. The lowest BCUT2D eigenvalue weighted by molar-refractivity contribution is -0.00926. The maximum absolute atomic E-state index is 13.8. The van der Waals surface area contributed by atoms with Crippen molar-refractivity contribution in [1.82, 2.24) is 4.72 Å². The van der Waals surface area contributed by atoms with Crippen LogP contribution in [0.5, 0.6) is 0 Å². The predicted octanol–water partition coefficient (Wildman–Crippen LogP) is 1.12. The molecule has 1 heterocycles. The first-order valence-corrected chi connectivity index (χ1v) is 8.63. The molecule has 0 amide bonds. The van der Waals surface area contributed by atoms with Gasteiger partial charge in [-0.2, -0.15) is 0 Å². The Morgan fingerprint density at radius 3 is 2.76 bits per heavy atom. The van der Waals surface area contributed by atoms with E-state index in [4.69, 9.17) is 10.5 Å². The maximum Gasteiger partial charge on any atom is 0.245 e. The Labute approximate surface area is 129 Å². The summed E-state index contributed by atoms with van der Waals surface area (Å²) in [6.07, 6.45) is 0.510. The Bertz CT molecular complexity index is 662. The van der Waals surface area contributed by atoms with Crippen molar-refractivity contribution >= 4 is 26.0 Å². The molecular formula is C12H13BrF2N2O3S. The van der Waals surface area contributed by atoms with Crippen molar-refractivity contribution in [2.75, 3.05) is 6.61 Å². The van der Waals surface area contributed by atoms with Gasteiger partial charge in [0, 0.05) is 29.1 Å². The molecule has 0 radical (unpaired) electrons. The highest BCUT2D eigenvalue weighted by molar-refractivity contribution is 9.10. The van der Waals surface area contributed by atoms with Crippen molar-refractivity contribution in [1.29, 1.82) is 0 Å². The molecular weight excluding hydrogens is 370 g/mol. The van der Waals surface area contributed by atoms with E-state index in [0.29, 0.717) is 12.7 Å². The minimum absolute atomic E-state index is 0.124. The van der Waals surface area contributed by atoms with Crippen LogP contribution >= 0.6 is 15.9 Å². The molecule has 1 saturated carbocycles. The van der Waals surface area contributed by atoms with Gasteiger partial charge in [-0.1, -0.05) is 0 Å². The summed E-state index contributed by atoms with van der Waals surface area (Å²) in [7, 11) is -4.17. The van der Waals surface area contributed by atoms with Gasteiger partial charge in [-0.25, -0.2) is 21.9 Å². The summed E-state index contributed by atoms with van der Waals surface area (Å²) in [6, 6.07) is 0.454. The first-order valence-electron chi connectivity index (χ1n) is 6.35. The molecule has 0 spiro atoms. The molecule has 116 valence electrons. The van der Waals surface area contributed by atoms with Gasteiger partial charge in [-0.05, 0) is 28.4 Å². The van der Waals surface area contributed by atoms with Crippen LogP contribution in [0.4, 0.5) is 8.78 Å². The predicted molar refractivity (Wildman–Crippen MR) is 74.0 cm³/mol. The van der Waals surface area contributed by atoms with Gasteiger partial charge in [0.2, 0.25) is 10.0 Å². The van der Waals surface area contributed by atoms with Gasteiger partial charge in [0.1, 0.15) is 16.5 Å². The highest BCUT2D eigenvalue weighted by Crippen LogP contribution is 2.39. The van der Waals surface area contributed by atoms with Crippen LogP contribution in [0.1, 0.15) is 6.42 Å². The summed E-state index contributed by atoms with van der Waals surface area (Å²) in [5.41, 5.74) is 5.92. The van der Waals surface area contributed by atoms with Crippen LogP contribution in [0.25, 0.3) is 0 Å². The largest absolute Gasteiger partial charge is 0.376 e. The Kier molecular flexibility index (Phi) is 3.81. The minimum Gasteiger partial charge on any atom is -0.376 e. The average molecular weight is 383 g/mol. The van der Waals surface area contributed by atoms with Crippen molar-refractivity contribution in [2.45, 2.75) is 29.5 Å². The van der Waals surface area contributed by atoms with E-state index in [1.165, 1.54) is 0 Å². The fourth-order valence-electron chi connectivity index (χ4n) is 2.92. The van der Waals surface area contributed by atoms with E-state index in [9.17, 15) is 17.2 Å². The molecule has 0 bridgehead atoms. The number of benzene rings is 1. The zero-order valence-corrected chi connectivity index (χ0v) is 13.1. The number of rotatable bonds is 3. The van der Waals surface area contributed by atoms with Gasteiger partial charge in [0.15, 0.2) is 0 Å². The summed E-state index contributed by atoms with van der Waals surface area (Å²) in [6.45, 7) is 0.538. The molecule has 1 aliphatic carbocycles. The summed E-state index contributed by atoms with van der Waals surface area (Å²) >= 11 is 2.87. The van der Waals surface area contributed by atoms with Gasteiger partial charge in [0.25, 0.3) is 0 Å². The van der Waals surface area contributed by atoms with Gasteiger partial charge in [-0.15, -0.1) is 0 Å². The van der Waals surface area contributed by atoms with Gasteiger partial charge in [0.05, 0.1) is 12.1 Å². The molecule has 4 unspecified atom stereocenters. The van der Waals surface area contributed by atoms with Crippen molar-refractivity contribution in [2.24, 2.45) is 11.7 Å². The normalized spacial score (nSPS) is 31.8. The van der Waals surface area contributed by atoms with Gasteiger partial charge >= 0.3 is 0 Å². The summed E-state index contributed by atoms with van der Waals surface area (Å²) in [5, 5.41) is 0. The Balaban J connectivity index is 1.88. The Hall–Kier alpha value is -0.610. The Morgan fingerprint density at radius 2 is 2.10 bits per heavy atom. The zero-order valence-electron chi connectivity index (χ0n) is 10.7. The highest BCUT2D eigenvalue weighted by atomic mass is 79.9. The van der Waals surface area contributed by atoms with Crippen LogP contribution in [-0.2, 0) is 14.8 Å². The van der Waals surface area contributed by atoms with Crippen molar-refractivity contribution in [3.05, 3.63) is 28.2 Å². The number of nitrogens with one attached hydrogen (secondary N) is 1. The third-order valence-electron chi connectivity index (χ3n) is 3.97. The van der Waals surface area contributed by atoms with Crippen molar-refractivity contribution in [3.8, 4) is 0 Å². The topological polar surface area (TPSA) is 81.4 Å². The molecule has 2 fully saturated rings. The lowest BCUT2D eigenvalue weighted by atomic mass is 9.73. The summed E-state index contributed by atoms with van der Waals surface area (Å²) in [4.78, 5) is -0.627. The van der Waals surface area contributed by atoms with Gasteiger partial charge < -0.3 is 10.5 Å². The second-order valence-electron chi connectivity index (χ2n) is 5.21. The molecule has 1 aromatic carbocycles. The Morgan fingerprint density at radius 1 is 1.38 bits per heavy atom. The molecule has 1 aromatic rings. The minimum atomic E-state index is -4.17. The zero-order chi connectivity index (χ0) is 15.4. The number of sulfonamides is 1.